The summed E-state index contributed by atoms with van der Waals surface area (Å²) in [5.41, 5.74) is 1.78. The first-order valence-corrected chi connectivity index (χ1v) is 10.3. The Labute approximate surface area is 160 Å². The highest BCUT2D eigenvalue weighted by molar-refractivity contribution is 7.99. The summed E-state index contributed by atoms with van der Waals surface area (Å²) >= 11 is 2.93. The van der Waals surface area contributed by atoms with E-state index in [0.29, 0.717) is 22.6 Å². The summed E-state index contributed by atoms with van der Waals surface area (Å²) < 4.78 is 1.66. The van der Waals surface area contributed by atoms with E-state index in [9.17, 15) is 9.59 Å². The van der Waals surface area contributed by atoms with Crippen LogP contribution in [0.2, 0.25) is 0 Å². The third kappa shape index (κ3) is 3.99. The molecule has 2 aromatic heterocycles. The van der Waals surface area contributed by atoms with Gasteiger partial charge < -0.3 is 5.32 Å². The monoisotopic (exact) mass is 387 g/mol. The van der Waals surface area contributed by atoms with E-state index in [2.05, 4.69) is 10.3 Å². The van der Waals surface area contributed by atoms with Gasteiger partial charge in [0.15, 0.2) is 5.16 Å². The molecule has 1 amide bonds. The third-order valence-electron chi connectivity index (χ3n) is 4.04. The molecule has 26 heavy (non-hydrogen) atoms. The molecule has 0 saturated carbocycles. The summed E-state index contributed by atoms with van der Waals surface area (Å²) in [5, 5.41) is 6.13. The van der Waals surface area contributed by atoms with Gasteiger partial charge in [-0.3, -0.25) is 14.2 Å². The molecule has 2 heterocycles. The molecule has 0 aliphatic carbocycles. The number of aromatic nitrogens is 2. The zero-order valence-electron chi connectivity index (χ0n) is 15.0. The Morgan fingerprint density at radius 1 is 1.31 bits per heavy atom. The lowest BCUT2D eigenvalue weighted by Crippen LogP contribution is -2.27. The van der Waals surface area contributed by atoms with E-state index in [-0.39, 0.29) is 23.3 Å². The van der Waals surface area contributed by atoms with Crippen molar-refractivity contribution in [2.45, 2.75) is 38.5 Å². The number of rotatable bonds is 6. The van der Waals surface area contributed by atoms with Crippen LogP contribution in [0.3, 0.4) is 0 Å². The minimum atomic E-state index is -0.0690. The van der Waals surface area contributed by atoms with E-state index in [1.165, 1.54) is 17.3 Å². The molecule has 3 rings (SSSR count). The van der Waals surface area contributed by atoms with Crippen LogP contribution in [0.4, 0.5) is 0 Å². The molecular weight excluding hydrogens is 366 g/mol. The average Bonchev–Trinajstić information content (AvgIpc) is 3.03. The van der Waals surface area contributed by atoms with Crippen molar-refractivity contribution in [1.29, 1.82) is 0 Å². The fourth-order valence-electron chi connectivity index (χ4n) is 2.63. The zero-order chi connectivity index (χ0) is 18.7. The molecule has 5 nitrogen and oxygen atoms in total. The van der Waals surface area contributed by atoms with Crippen molar-refractivity contribution in [3.8, 4) is 0 Å². The summed E-state index contributed by atoms with van der Waals surface area (Å²) in [4.78, 5) is 30.7. The Balaban J connectivity index is 1.75. The number of para-hydroxylation sites is 1. The molecule has 0 spiro atoms. The number of thioether (sulfide) groups is 1. The summed E-state index contributed by atoms with van der Waals surface area (Å²) in [5.74, 6) is 0.155. The maximum atomic E-state index is 12.8. The van der Waals surface area contributed by atoms with Crippen LogP contribution in [-0.2, 0) is 11.3 Å². The minimum Gasteiger partial charge on any atom is -0.350 e. The number of aryl methyl sites for hydroxylation is 1. The van der Waals surface area contributed by atoms with Crippen molar-refractivity contribution >= 4 is 39.9 Å². The number of carbonyl (C=O) groups excluding carboxylic acids is 1. The second kappa shape index (κ2) is 8.05. The standard InChI is InChI=1S/C19H21N3O2S2/c1-12(2)22-18(24)14-6-4-5-7-15(14)21-19(22)26-11-17(23)20-10-16-13(3)8-9-25-16/h4-9,12H,10-11H2,1-3H3,(H,20,23). The van der Waals surface area contributed by atoms with E-state index < -0.39 is 0 Å². The van der Waals surface area contributed by atoms with Crippen LogP contribution < -0.4 is 10.9 Å². The highest BCUT2D eigenvalue weighted by Crippen LogP contribution is 2.21. The SMILES string of the molecule is Cc1ccsc1CNC(=O)CSc1nc2ccccc2c(=O)n1C(C)C. The van der Waals surface area contributed by atoms with Gasteiger partial charge in [0.2, 0.25) is 5.91 Å². The number of hydrogen-bond donors (Lipinski definition) is 1. The number of amides is 1. The number of benzene rings is 1. The van der Waals surface area contributed by atoms with Crippen molar-refractivity contribution in [2.24, 2.45) is 0 Å². The second-order valence-corrected chi connectivity index (χ2v) is 8.22. The molecule has 1 aromatic carbocycles. The number of carbonyl (C=O) groups is 1. The number of thiophene rings is 1. The number of nitrogens with zero attached hydrogens (tertiary/aromatic N) is 2. The molecule has 0 radical (unpaired) electrons. The first-order chi connectivity index (χ1) is 12.5. The minimum absolute atomic E-state index is 0.0288. The molecule has 0 saturated heterocycles. The van der Waals surface area contributed by atoms with Gasteiger partial charge in [-0.05, 0) is 49.9 Å². The molecule has 3 aromatic rings. The van der Waals surface area contributed by atoms with Crippen LogP contribution in [0.1, 0.15) is 30.3 Å². The summed E-state index contributed by atoms with van der Waals surface area (Å²) in [6, 6.07) is 9.32. The molecule has 0 bridgehead atoms. The molecule has 7 heteroatoms. The predicted octanol–water partition coefficient (Wildman–Crippen LogP) is 3.76. The Bertz CT molecular complexity index is 992. The highest BCUT2D eigenvalue weighted by Gasteiger charge is 2.15. The smallest absolute Gasteiger partial charge is 0.262 e. The summed E-state index contributed by atoms with van der Waals surface area (Å²) in [6.07, 6.45) is 0. The fourth-order valence-corrected chi connectivity index (χ4v) is 4.43. The normalized spacial score (nSPS) is 11.2. The lowest BCUT2D eigenvalue weighted by atomic mass is 10.2. The van der Waals surface area contributed by atoms with Crippen LogP contribution in [0.15, 0.2) is 45.7 Å². The Kier molecular flexibility index (Phi) is 5.78. The maximum Gasteiger partial charge on any atom is 0.262 e. The van der Waals surface area contributed by atoms with Crippen LogP contribution in [0.25, 0.3) is 10.9 Å². The highest BCUT2D eigenvalue weighted by atomic mass is 32.2. The molecule has 0 atom stereocenters. The molecular formula is C19H21N3O2S2. The number of fused-ring (bicyclic) bond motifs is 1. The van der Waals surface area contributed by atoms with Gasteiger partial charge in [0.1, 0.15) is 0 Å². The van der Waals surface area contributed by atoms with Crippen molar-refractivity contribution in [3.05, 3.63) is 56.5 Å². The summed E-state index contributed by atoms with van der Waals surface area (Å²) in [7, 11) is 0. The van der Waals surface area contributed by atoms with Gasteiger partial charge in [-0.1, -0.05) is 23.9 Å². The van der Waals surface area contributed by atoms with Gasteiger partial charge in [0, 0.05) is 10.9 Å². The van der Waals surface area contributed by atoms with Gasteiger partial charge in [-0.15, -0.1) is 11.3 Å². The van der Waals surface area contributed by atoms with E-state index in [1.807, 2.05) is 50.4 Å². The Morgan fingerprint density at radius 2 is 2.08 bits per heavy atom. The van der Waals surface area contributed by atoms with Gasteiger partial charge in [0.25, 0.3) is 5.56 Å². The topological polar surface area (TPSA) is 64.0 Å². The molecule has 0 aliphatic heterocycles. The maximum absolute atomic E-state index is 12.8. The number of hydrogen-bond acceptors (Lipinski definition) is 5. The van der Waals surface area contributed by atoms with E-state index in [0.717, 1.165) is 4.88 Å². The first kappa shape index (κ1) is 18.7. The van der Waals surface area contributed by atoms with Gasteiger partial charge in [-0.25, -0.2) is 4.98 Å². The second-order valence-electron chi connectivity index (χ2n) is 6.27. The zero-order valence-corrected chi connectivity index (χ0v) is 16.6. The average molecular weight is 388 g/mol. The first-order valence-electron chi connectivity index (χ1n) is 8.41. The largest absolute Gasteiger partial charge is 0.350 e. The van der Waals surface area contributed by atoms with Crippen molar-refractivity contribution in [1.82, 2.24) is 14.9 Å². The quantitative estimate of drug-likeness (QED) is 0.517. The van der Waals surface area contributed by atoms with Crippen LogP contribution in [0.5, 0.6) is 0 Å². The van der Waals surface area contributed by atoms with E-state index in [1.54, 1.807) is 22.0 Å². The number of nitrogens with one attached hydrogen (secondary N) is 1. The molecule has 1 N–H and O–H groups in total. The van der Waals surface area contributed by atoms with Crippen molar-refractivity contribution in [3.63, 3.8) is 0 Å². The van der Waals surface area contributed by atoms with Crippen molar-refractivity contribution < 1.29 is 4.79 Å². The third-order valence-corrected chi connectivity index (χ3v) is 6.01. The molecule has 0 unspecified atom stereocenters. The van der Waals surface area contributed by atoms with Gasteiger partial charge in [0.05, 0.1) is 23.2 Å². The lowest BCUT2D eigenvalue weighted by Gasteiger charge is -2.16. The van der Waals surface area contributed by atoms with E-state index in [4.69, 9.17) is 0 Å². The van der Waals surface area contributed by atoms with Gasteiger partial charge >= 0.3 is 0 Å². The Hall–Kier alpha value is -2.12. The Morgan fingerprint density at radius 3 is 2.77 bits per heavy atom. The van der Waals surface area contributed by atoms with Crippen LogP contribution >= 0.6 is 23.1 Å². The van der Waals surface area contributed by atoms with Crippen LogP contribution in [-0.4, -0.2) is 21.2 Å². The summed E-state index contributed by atoms with van der Waals surface area (Å²) in [6.45, 7) is 6.46. The predicted molar refractivity (Wildman–Crippen MR) is 108 cm³/mol. The molecule has 136 valence electrons. The van der Waals surface area contributed by atoms with Crippen molar-refractivity contribution in [2.75, 3.05) is 5.75 Å². The van der Waals surface area contributed by atoms with Crippen LogP contribution in [0, 0.1) is 6.92 Å². The lowest BCUT2D eigenvalue weighted by molar-refractivity contribution is -0.118. The molecule has 0 aliphatic rings. The fraction of sp³-hybridized carbons (Fsp3) is 0.316. The van der Waals surface area contributed by atoms with E-state index >= 15 is 0 Å². The van der Waals surface area contributed by atoms with Gasteiger partial charge in [-0.2, -0.15) is 0 Å². The molecule has 0 fully saturated rings.